The van der Waals surface area contributed by atoms with Crippen molar-refractivity contribution in [1.82, 2.24) is 4.98 Å². The lowest BCUT2D eigenvalue weighted by molar-refractivity contribution is 0.558. The molecule has 0 amide bonds. The van der Waals surface area contributed by atoms with Gasteiger partial charge in [0.2, 0.25) is 0 Å². The van der Waals surface area contributed by atoms with Crippen molar-refractivity contribution in [2.75, 3.05) is 0 Å². The van der Waals surface area contributed by atoms with Crippen molar-refractivity contribution in [2.45, 2.75) is 19.4 Å². The molecule has 2 rings (SSSR count). The van der Waals surface area contributed by atoms with Crippen LogP contribution < -0.4 is 5.73 Å². The van der Waals surface area contributed by atoms with Crippen LogP contribution in [0.3, 0.4) is 0 Å². The zero-order chi connectivity index (χ0) is 9.97. The Labute approximate surface area is 86.6 Å². The maximum atomic E-state index is 5.99. The highest BCUT2D eigenvalue weighted by atomic mass is 32.1. The van der Waals surface area contributed by atoms with E-state index >= 15 is 0 Å². The second kappa shape index (κ2) is 3.94. The standard InChI is InChI=1S/C10H12N2OS/c1-7-12-9(6-14-7)4-10(11)8-2-3-13-5-8/h2-3,5-6,10H,4,11H2,1H3. The molecule has 2 N–H and O–H groups in total. The lowest BCUT2D eigenvalue weighted by Gasteiger charge is -2.05. The number of hydrogen-bond donors (Lipinski definition) is 1. The molecule has 74 valence electrons. The first kappa shape index (κ1) is 9.43. The highest BCUT2D eigenvalue weighted by Crippen LogP contribution is 2.17. The van der Waals surface area contributed by atoms with E-state index in [0.29, 0.717) is 0 Å². The fourth-order valence-electron chi connectivity index (χ4n) is 1.33. The number of nitrogens with zero attached hydrogens (tertiary/aromatic N) is 1. The lowest BCUT2D eigenvalue weighted by atomic mass is 10.1. The molecule has 1 atom stereocenters. The van der Waals surface area contributed by atoms with Crippen LogP contribution in [-0.2, 0) is 6.42 Å². The number of furan rings is 1. The van der Waals surface area contributed by atoms with E-state index in [-0.39, 0.29) is 6.04 Å². The molecule has 0 saturated carbocycles. The molecule has 0 spiro atoms. The first-order valence-corrected chi connectivity index (χ1v) is 5.32. The zero-order valence-electron chi connectivity index (χ0n) is 7.93. The van der Waals surface area contributed by atoms with Crippen LogP contribution in [-0.4, -0.2) is 4.98 Å². The summed E-state index contributed by atoms with van der Waals surface area (Å²) in [6, 6.07) is 1.87. The predicted octanol–water partition coefficient (Wildman–Crippen LogP) is 2.29. The molecule has 3 nitrogen and oxygen atoms in total. The van der Waals surface area contributed by atoms with Gasteiger partial charge in [-0.1, -0.05) is 0 Å². The maximum Gasteiger partial charge on any atom is 0.0950 e. The summed E-state index contributed by atoms with van der Waals surface area (Å²) in [4.78, 5) is 4.37. The minimum absolute atomic E-state index is 0.0183. The van der Waals surface area contributed by atoms with Gasteiger partial charge >= 0.3 is 0 Å². The highest BCUT2D eigenvalue weighted by Gasteiger charge is 2.09. The number of hydrogen-bond acceptors (Lipinski definition) is 4. The number of nitrogens with two attached hydrogens (primary N) is 1. The van der Waals surface area contributed by atoms with Crippen LogP contribution in [0.5, 0.6) is 0 Å². The van der Waals surface area contributed by atoms with E-state index in [1.54, 1.807) is 23.9 Å². The molecule has 2 aromatic rings. The molecule has 14 heavy (non-hydrogen) atoms. The molecular formula is C10H12N2OS. The van der Waals surface area contributed by atoms with E-state index in [0.717, 1.165) is 22.7 Å². The van der Waals surface area contributed by atoms with Gasteiger partial charge in [-0.2, -0.15) is 0 Å². The van der Waals surface area contributed by atoms with E-state index in [9.17, 15) is 0 Å². The Morgan fingerprint density at radius 2 is 2.50 bits per heavy atom. The SMILES string of the molecule is Cc1nc(CC(N)c2ccoc2)cs1. The Kier molecular flexibility index (Phi) is 2.65. The molecule has 0 aromatic carbocycles. The molecule has 0 aliphatic rings. The van der Waals surface area contributed by atoms with Crippen molar-refractivity contribution in [3.8, 4) is 0 Å². The van der Waals surface area contributed by atoms with Gasteiger partial charge in [-0.3, -0.25) is 0 Å². The molecule has 0 saturated heterocycles. The summed E-state index contributed by atoms with van der Waals surface area (Å²) in [6.07, 6.45) is 4.09. The molecule has 0 aliphatic heterocycles. The van der Waals surface area contributed by atoms with E-state index in [4.69, 9.17) is 10.2 Å². The van der Waals surface area contributed by atoms with Crippen molar-refractivity contribution in [3.05, 3.63) is 40.2 Å². The third-order valence-corrected chi connectivity index (χ3v) is 2.89. The van der Waals surface area contributed by atoms with Gasteiger partial charge in [0.05, 0.1) is 23.2 Å². The number of thiazole rings is 1. The fourth-order valence-corrected chi connectivity index (χ4v) is 1.96. The van der Waals surface area contributed by atoms with Crippen molar-refractivity contribution in [2.24, 2.45) is 5.73 Å². The lowest BCUT2D eigenvalue weighted by Crippen LogP contribution is -2.12. The third-order valence-electron chi connectivity index (χ3n) is 2.07. The molecular weight excluding hydrogens is 196 g/mol. The summed E-state index contributed by atoms with van der Waals surface area (Å²) in [5.41, 5.74) is 8.07. The summed E-state index contributed by atoms with van der Waals surface area (Å²) in [5.74, 6) is 0. The molecule has 0 bridgehead atoms. The monoisotopic (exact) mass is 208 g/mol. The maximum absolute atomic E-state index is 5.99. The van der Waals surface area contributed by atoms with Crippen LogP contribution in [0, 0.1) is 6.92 Å². The number of aryl methyl sites for hydroxylation is 1. The third kappa shape index (κ3) is 2.02. The van der Waals surface area contributed by atoms with E-state index in [1.165, 1.54) is 0 Å². The van der Waals surface area contributed by atoms with Gasteiger partial charge in [0.1, 0.15) is 0 Å². The van der Waals surface area contributed by atoms with Crippen molar-refractivity contribution < 1.29 is 4.42 Å². The Hall–Kier alpha value is -1.13. The molecule has 0 aliphatic carbocycles. The van der Waals surface area contributed by atoms with E-state index in [2.05, 4.69) is 10.4 Å². The van der Waals surface area contributed by atoms with E-state index in [1.807, 2.05) is 13.0 Å². The Balaban J connectivity index is 2.05. The van der Waals surface area contributed by atoms with Crippen molar-refractivity contribution >= 4 is 11.3 Å². The first-order valence-electron chi connectivity index (χ1n) is 4.44. The van der Waals surface area contributed by atoms with Gasteiger partial charge in [-0.15, -0.1) is 11.3 Å². The van der Waals surface area contributed by atoms with Gasteiger partial charge in [-0.25, -0.2) is 4.98 Å². The van der Waals surface area contributed by atoms with Crippen LogP contribution in [0.4, 0.5) is 0 Å². The molecule has 2 heterocycles. The number of aromatic nitrogens is 1. The molecule has 0 fully saturated rings. The quantitative estimate of drug-likeness (QED) is 0.842. The minimum Gasteiger partial charge on any atom is -0.472 e. The minimum atomic E-state index is -0.0183. The van der Waals surface area contributed by atoms with Gasteiger partial charge in [-0.05, 0) is 13.0 Å². The smallest absolute Gasteiger partial charge is 0.0950 e. The summed E-state index contributed by atoms with van der Waals surface area (Å²) in [7, 11) is 0. The Morgan fingerprint density at radius 1 is 1.64 bits per heavy atom. The highest BCUT2D eigenvalue weighted by molar-refractivity contribution is 7.09. The summed E-state index contributed by atoms with van der Waals surface area (Å²) in [5, 5.41) is 3.13. The fraction of sp³-hybridized carbons (Fsp3) is 0.300. The molecule has 1 unspecified atom stereocenters. The van der Waals surface area contributed by atoms with Crippen LogP contribution in [0.2, 0.25) is 0 Å². The second-order valence-electron chi connectivity index (χ2n) is 3.23. The molecule has 4 heteroatoms. The summed E-state index contributed by atoms with van der Waals surface area (Å²) in [6.45, 7) is 2.00. The Bertz CT molecular complexity index is 394. The average Bonchev–Trinajstić information content (AvgIpc) is 2.75. The largest absolute Gasteiger partial charge is 0.472 e. The topological polar surface area (TPSA) is 52.0 Å². The van der Waals surface area contributed by atoms with Crippen LogP contribution >= 0.6 is 11.3 Å². The Morgan fingerprint density at radius 3 is 3.07 bits per heavy atom. The van der Waals surface area contributed by atoms with Gasteiger partial charge in [0, 0.05) is 23.4 Å². The predicted molar refractivity (Wildman–Crippen MR) is 56.2 cm³/mol. The van der Waals surface area contributed by atoms with Crippen molar-refractivity contribution in [1.29, 1.82) is 0 Å². The normalized spacial score (nSPS) is 13.0. The van der Waals surface area contributed by atoms with E-state index < -0.39 is 0 Å². The van der Waals surface area contributed by atoms with Gasteiger partial charge in [0.25, 0.3) is 0 Å². The van der Waals surface area contributed by atoms with Crippen molar-refractivity contribution in [3.63, 3.8) is 0 Å². The zero-order valence-corrected chi connectivity index (χ0v) is 8.75. The summed E-state index contributed by atoms with van der Waals surface area (Å²) >= 11 is 1.65. The molecule has 2 aromatic heterocycles. The van der Waals surface area contributed by atoms with Crippen LogP contribution in [0.1, 0.15) is 22.3 Å². The van der Waals surface area contributed by atoms with Gasteiger partial charge in [0.15, 0.2) is 0 Å². The van der Waals surface area contributed by atoms with Crippen LogP contribution in [0.15, 0.2) is 28.4 Å². The van der Waals surface area contributed by atoms with Crippen LogP contribution in [0.25, 0.3) is 0 Å². The molecule has 0 radical (unpaired) electrons. The first-order chi connectivity index (χ1) is 6.75. The summed E-state index contributed by atoms with van der Waals surface area (Å²) < 4.78 is 4.98. The average molecular weight is 208 g/mol. The van der Waals surface area contributed by atoms with Gasteiger partial charge < -0.3 is 10.2 Å². The number of rotatable bonds is 3. The second-order valence-corrected chi connectivity index (χ2v) is 4.29.